The maximum absolute atomic E-state index is 5.39. The third-order valence-electron chi connectivity index (χ3n) is 4.20. The van der Waals surface area contributed by atoms with Gasteiger partial charge in [0, 0.05) is 6.04 Å². The molecule has 2 unspecified atom stereocenters. The molecule has 1 aromatic rings. The maximum atomic E-state index is 5.39. The molecule has 0 aliphatic heterocycles. The van der Waals surface area contributed by atoms with Crippen molar-refractivity contribution in [3.8, 4) is 5.75 Å². The molecule has 2 nitrogen and oxygen atoms in total. The van der Waals surface area contributed by atoms with Crippen molar-refractivity contribution in [3.05, 3.63) is 29.8 Å². The van der Waals surface area contributed by atoms with Crippen LogP contribution in [0.5, 0.6) is 5.75 Å². The highest BCUT2D eigenvalue weighted by molar-refractivity contribution is 5.33. The van der Waals surface area contributed by atoms with Gasteiger partial charge in [-0.2, -0.15) is 0 Å². The number of hydrogen-bond acceptors (Lipinski definition) is 2. The molecule has 1 saturated carbocycles. The Kier molecular flexibility index (Phi) is 5.26. The molecule has 2 heteroatoms. The van der Waals surface area contributed by atoms with Gasteiger partial charge in [-0.25, -0.2) is 0 Å². The van der Waals surface area contributed by atoms with Gasteiger partial charge in [-0.1, -0.05) is 32.0 Å². The first-order chi connectivity index (χ1) is 9.19. The van der Waals surface area contributed by atoms with E-state index in [4.69, 9.17) is 4.74 Å². The molecule has 1 aliphatic rings. The molecule has 0 amide bonds. The van der Waals surface area contributed by atoms with Crippen molar-refractivity contribution < 1.29 is 4.74 Å². The van der Waals surface area contributed by atoms with Gasteiger partial charge in [-0.15, -0.1) is 0 Å². The van der Waals surface area contributed by atoms with E-state index in [0.29, 0.717) is 6.04 Å². The average molecular weight is 261 g/mol. The highest BCUT2D eigenvalue weighted by Crippen LogP contribution is 2.28. The zero-order chi connectivity index (χ0) is 13.7. The second kappa shape index (κ2) is 6.95. The maximum Gasteiger partial charge on any atom is 0.122 e. The van der Waals surface area contributed by atoms with Crippen LogP contribution in [0.3, 0.4) is 0 Å². The lowest BCUT2D eigenvalue weighted by Gasteiger charge is -2.32. The fourth-order valence-electron chi connectivity index (χ4n) is 3.43. The normalized spacial score (nSPS) is 27.2. The van der Waals surface area contributed by atoms with Crippen LogP contribution < -0.4 is 10.1 Å². The van der Waals surface area contributed by atoms with Gasteiger partial charge in [-0.05, 0) is 55.7 Å². The van der Waals surface area contributed by atoms with E-state index >= 15 is 0 Å². The Hall–Kier alpha value is -1.02. The van der Waals surface area contributed by atoms with E-state index in [-0.39, 0.29) is 0 Å². The Morgan fingerprint density at radius 2 is 1.79 bits per heavy atom. The first-order valence-electron chi connectivity index (χ1n) is 7.54. The largest absolute Gasteiger partial charge is 0.496 e. The molecule has 2 rings (SSSR count). The topological polar surface area (TPSA) is 21.3 Å². The molecular formula is C17H27NO. The van der Waals surface area contributed by atoms with Crippen molar-refractivity contribution >= 4 is 0 Å². The van der Waals surface area contributed by atoms with Crippen molar-refractivity contribution in [3.63, 3.8) is 0 Å². The third-order valence-corrected chi connectivity index (χ3v) is 4.20. The molecule has 106 valence electrons. The van der Waals surface area contributed by atoms with Crippen LogP contribution in [0.1, 0.15) is 38.7 Å². The summed E-state index contributed by atoms with van der Waals surface area (Å²) < 4.78 is 5.39. The van der Waals surface area contributed by atoms with Crippen LogP contribution in [0.2, 0.25) is 0 Å². The number of methoxy groups -OCH3 is 1. The SMILES string of the molecule is COc1ccccc1CCNC1CC(C)CC(C)C1. The number of rotatable bonds is 5. The third kappa shape index (κ3) is 4.24. The molecule has 19 heavy (non-hydrogen) atoms. The summed E-state index contributed by atoms with van der Waals surface area (Å²) in [7, 11) is 1.75. The molecular weight excluding hydrogens is 234 g/mol. The molecule has 0 bridgehead atoms. The van der Waals surface area contributed by atoms with Crippen molar-refractivity contribution in [1.82, 2.24) is 5.32 Å². The van der Waals surface area contributed by atoms with Crippen molar-refractivity contribution in [2.24, 2.45) is 11.8 Å². The monoisotopic (exact) mass is 261 g/mol. The van der Waals surface area contributed by atoms with E-state index in [1.165, 1.54) is 24.8 Å². The summed E-state index contributed by atoms with van der Waals surface area (Å²) >= 11 is 0. The zero-order valence-corrected chi connectivity index (χ0v) is 12.5. The zero-order valence-electron chi connectivity index (χ0n) is 12.5. The van der Waals surface area contributed by atoms with Gasteiger partial charge in [0.1, 0.15) is 5.75 Å². The average Bonchev–Trinajstić information content (AvgIpc) is 2.38. The molecule has 1 fully saturated rings. The van der Waals surface area contributed by atoms with Gasteiger partial charge in [0.2, 0.25) is 0 Å². The summed E-state index contributed by atoms with van der Waals surface area (Å²) in [5.74, 6) is 2.75. The molecule has 0 spiro atoms. The Labute approximate surface area is 117 Å². The van der Waals surface area contributed by atoms with Gasteiger partial charge in [0.05, 0.1) is 7.11 Å². The molecule has 0 saturated heterocycles. The fourth-order valence-corrected chi connectivity index (χ4v) is 3.43. The van der Waals surface area contributed by atoms with E-state index in [2.05, 4.69) is 31.3 Å². The van der Waals surface area contributed by atoms with Crippen LogP contribution >= 0.6 is 0 Å². The van der Waals surface area contributed by atoms with Crippen LogP contribution in [-0.4, -0.2) is 19.7 Å². The van der Waals surface area contributed by atoms with Crippen LogP contribution in [-0.2, 0) is 6.42 Å². The minimum atomic E-state index is 0.702. The lowest BCUT2D eigenvalue weighted by Crippen LogP contribution is -2.37. The van der Waals surface area contributed by atoms with Gasteiger partial charge in [-0.3, -0.25) is 0 Å². The summed E-state index contributed by atoms with van der Waals surface area (Å²) in [6.07, 6.45) is 5.10. The van der Waals surface area contributed by atoms with Crippen LogP contribution in [0.4, 0.5) is 0 Å². The Balaban J connectivity index is 1.80. The predicted octanol–water partition coefficient (Wildman–Crippen LogP) is 3.65. The summed E-state index contributed by atoms with van der Waals surface area (Å²) in [4.78, 5) is 0. The van der Waals surface area contributed by atoms with Crippen LogP contribution in [0, 0.1) is 11.8 Å². The highest BCUT2D eigenvalue weighted by Gasteiger charge is 2.23. The first kappa shape index (κ1) is 14.4. The Bertz CT molecular complexity index is 381. The fraction of sp³-hybridized carbons (Fsp3) is 0.647. The Morgan fingerprint density at radius 3 is 2.47 bits per heavy atom. The van der Waals surface area contributed by atoms with E-state index in [0.717, 1.165) is 30.6 Å². The van der Waals surface area contributed by atoms with Crippen LogP contribution in [0.15, 0.2) is 24.3 Å². The molecule has 0 heterocycles. The molecule has 0 aromatic heterocycles. The summed E-state index contributed by atoms with van der Waals surface area (Å²) in [5, 5.41) is 3.73. The molecule has 0 radical (unpaired) electrons. The van der Waals surface area contributed by atoms with Gasteiger partial charge in [0.25, 0.3) is 0 Å². The van der Waals surface area contributed by atoms with Gasteiger partial charge < -0.3 is 10.1 Å². The smallest absolute Gasteiger partial charge is 0.122 e. The molecule has 1 aromatic carbocycles. The standard InChI is InChI=1S/C17H27NO/c1-13-10-14(2)12-16(11-13)18-9-8-15-6-4-5-7-17(15)19-3/h4-7,13-14,16,18H,8-12H2,1-3H3. The van der Waals surface area contributed by atoms with E-state index in [9.17, 15) is 0 Å². The van der Waals surface area contributed by atoms with Crippen LogP contribution in [0.25, 0.3) is 0 Å². The summed E-state index contributed by atoms with van der Waals surface area (Å²) in [6.45, 7) is 5.81. The number of ether oxygens (including phenoxy) is 1. The van der Waals surface area contributed by atoms with Crippen molar-refractivity contribution in [2.45, 2.75) is 45.6 Å². The second-order valence-electron chi connectivity index (χ2n) is 6.13. The lowest BCUT2D eigenvalue weighted by atomic mass is 9.80. The van der Waals surface area contributed by atoms with Gasteiger partial charge in [0.15, 0.2) is 0 Å². The minimum absolute atomic E-state index is 0.702. The van der Waals surface area contributed by atoms with Gasteiger partial charge >= 0.3 is 0 Å². The highest BCUT2D eigenvalue weighted by atomic mass is 16.5. The number of hydrogen-bond donors (Lipinski definition) is 1. The Morgan fingerprint density at radius 1 is 1.11 bits per heavy atom. The number of para-hydroxylation sites is 1. The quantitative estimate of drug-likeness (QED) is 0.873. The summed E-state index contributed by atoms with van der Waals surface area (Å²) in [5.41, 5.74) is 1.30. The van der Waals surface area contributed by atoms with E-state index < -0.39 is 0 Å². The molecule has 2 atom stereocenters. The van der Waals surface area contributed by atoms with Crippen molar-refractivity contribution in [1.29, 1.82) is 0 Å². The summed E-state index contributed by atoms with van der Waals surface area (Å²) in [6, 6.07) is 9.02. The van der Waals surface area contributed by atoms with E-state index in [1.807, 2.05) is 12.1 Å². The number of benzene rings is 1. The predicted molar refractivity (Wildman–Crippen MR) is 80.7 cm³/mol. The second-order valence-corrected chi connectivity index (χ2v) is 6.13. The number of nitrogens with one attached hydrogen (secondary N) is 1. The minimum Gasteiger partial charge on any atom is -0.496 e. The molecule has 1 aliphatic carbocycles. The first-order valence-corrected chi connectivity index (χ1v) is 7.54. The van der Waals surface area contributed by atoms with E-state index in [1.54, 1.807) is 7.11 Å². The van der Waals surface area contributed by atoms with Crippen molar-refractivity contribution in [2.75, 3.05) is 13.7 Å². The lowest BCUT2D eigenvalue weighted by molar-refractivity contribution is 0.240. The molecule has 1 N–H and O–H groups in total.